The Morgan fingerprint density at radius 3 is 2.50 bits per heavy atom. The lowest BCUT2D eigenvalue weighted by Gasteiger charge is -2.09. The number of rotatable bonds is 11. The minimum atomic E-state index is -0.539. The van der Waals surface area contributed by atoms with Crippen LogP contribution >= 0.6 is 0 Å². The van der Waals surface area contributed by atoms with Crippen LogP contribution in [0.25, 0.3) is 17.5 Å². The number of carbonyl (C=O) groups is 1. The van der Waals surface area contributed by atoms with Crippen LogP contribution in [0, 0.1) is 6.92 Å². The smallest absolute Gasteiger partial charge is 0.373 e. The second-order valence-corrected chi connectivity index (χ2v) is 6.84. The first kappa shape index (κ1) is 23.1. The van der Waals surface area contributed by atoms with E-state index in [-0.39, 0.29) is 19.2 Å². The average Bonchev–Trinajstić information content (AvgIpc) is 3.19. The second kappa shape index (κ2) is 11.7. The van der Waals surface area contributed by atoms with Gasteiger partial charge in [-0.2, -0.15) is 0 Å². The second-order valence-electron chi connectivity index (χ2n) is 6.84. The van der Waals surface area contributed by atoms with E-state index < -0.39 is 5.97 Å². The van der Waals surface area contributed by atoms with Crippen molar-refractivity contribution in [3.63, 3.8) is 0 Å². The van der Waals surface area contributed by atoms with E-state index >= 15 is 0 Å². The van der Waals surface area contributed by atoms with E-state index in [1.807, 2.05) is 61.5 Å². The average molecular weight is 437 g/mol. The summed E-state index contributed by atoms with van der Waals surface area (Å²) in [5.41, 5.74) is 2.59. The number of oxazole rings is 1. The molecule has 0 aliphatic carbocycles. The number of methoxy groups -OCH3 is 1. The van der Waals surface area contributed by atoms with Gasteiger partial charge in [0, 0.05) is 19.1 Å². The number of aromatic nitrogens is 1. The molecule has 0 aliphatic rings. The predicted molar refractivity (Wildman–Crippen MR) is 120 cm³/mol. The summed E-state index contributed by atoms with van der Waals surface area (Å²) in [6.07, 6.45) is 2.23. The van der Waals surface area contributed by atoms with Gasteiger partial charge in [-0.3, -0.25) is 0 Å². The zero-order valence-corrected chi connectivity index (χ0v) is 18.5. The summed E-state index contributed by atoms with van der Waals surface area (Å²) in [4.78, 5) is 16.6. The Morgan fingerprint density at radius 2 is 1.81 bits per heavy atom. The molecule has 2 aromatic carbocycles. The summed E-state index contributed by atoms with van der Waals surface area (Å²) in [5.74, 6) is 1.65. The molecule has 7 nitrogen and oxygen atoms in total. The van der Waals surface area contributed by atoms with Crippen LogP contribution in [0.3, 0.4) is 0 Å². The maximum Gasteiger partial charge on any atom is 0.373 e. The molecule has 0 unspecified atom stereocenters. The van der Waals surface area contributed by atoms with Gasteiger partial charge in [0.1, 0.15) is 11.5 Å². The molecule has 1 heterocycles. The SMILES string of the molecule is CCOC(=O)C(=Cc1ccc(OCCc2nc(-c3ccccc3)oc2C)cc1)OCOC. The third-order valence-corrected chi connectivity index (χ3v) is 4.51. The van der Waals surface area contributed by atoms with E-state index in [4.69, 9.17) is 23.4 Å². The van der Waals surface area contributed by atoms with Crippen molar-refractivity contribution in [2.75, 3.05) is 27.1 Å². The van der Waals surface area contributed by atoms with Crippen LogP contribution in [0.2, 0.25) is 0 Å². The number of aryl methyl sites for hydroxylation is 1. The third kappa shape index (κ3) is 6.46. The lowest BCUT2D eigenvalue weighted by atomic mass is 10.2. The van der Waals surface area contributed by atoms with Crippen LogP contribution in [0.1, 0.15) is 23.9 Å². The van der Waals surface area contributed by atoms with E-state index in [0.717, 1.165) is 22.6 Å². The first-order valence-electron chi connectivity index (χ1n) is 10.4. The largest absolute Gasteiger partial charge is 0.493 e. The van der Waals surface area contributed by atoms with Crippen molar-refractivity contribution in [1.29, 1.82) is 0 Å². The quantitative estimate of drug-likeness (QED) is 0.185. The fourth-order valence-electron chi connectivity index (χ4n) is 2.93. The van der Waals surface area contributed by atoms with Gasteiger partial charge in [-0.1, -0.05) is 30.3 Å². The van der Waals surface area contributed by atoms with Gasteiger partial charge in [0.2, 0.25) is 11.6 Å². The van der Waals surface area contributed by atoms with Crippen molar-refractivity contribution >= 4 is 12.0 Å². The predicted octanol–water partition coefficient (Wildman–Crippen LogP) is 4.80. The summed E-state index contributed by atoms with van der Waals surface area (Å²) < 4.78 is 26.8. The van der Waals surface area contributed by atoms with E-state index in [2.05, 4.69) is 4.98 Å². The molecule has 7 heteroatoms. The minimum absolute atomic E-state index is 0.0424. The van der Waals surface area contributed by atoms with Gasteiger partial charge in [-0.15, -0.1) is 0 Å². The van der Waals surface area contributed by atoms with Gasteiger partial charge >= 0.3 is 5.97 Å². The number of nitrogens with zero attached hydrogens (tertiary/aromatic N) is 1. The first-order chi connectivity index (χ1) is 15.6. The fraction of sp³-hybridized carbons (Fsp3) is 0.280. The maximum atomic E-state index is 12.0. The lowest BCUT2D eigenvalue weighted by Crippen LogP contribution is -2.11. The van der Waals surface area contributed by atoms with Gasteiger partial charge in [0.05, 0.1) is 18.9 Å². The van der Waals surface area contributed by atoms with Gasteiger partial charge in [0.25, 0.3) is 0 Å². The van der Waals surface area contributed by atoms with Gasteiger partial charge in [-0.25, -0.2) is 9.78 Å². The monoisotopic (exact) mass is 437 g/mol. The highest BCUT2D eigenvalue weighted by atomic mass is 16.7. The van der Waals surface area contributed by atoms with E-state index in [1.54, 1.807) is 13.0 Å². The molecule has 0 fully saturated rings. The van der Waals surface area contributed by atoms with Crippen molar-refractivity contribution < 1.29 is 28.2 Å². The lowest BCUT2D eigenvalue weighted by molar-refractivity contribution is -0.144. The molecular formula is C25H27NO6. The van der Waals surface area contributed by atoms with E-state index in [0.29, 0.717) is 24.7 Å². The molecule has 0 saturated carbocycles. The fourth-order valence-corrected chi connectivity index (χ4v) is 2.93. The minimum Gasteiger partial charge on any atom is -0.493 e. The molecule has 3 aromatic rings. The van der Waals surface area contributed by atoms with Crippen molar-refractivity contribution in [3.8, 4) is 17.2 Å². The Hall–Kier alpha value is -3.58. The topological polar surface area (TPSA) is 80.0 Å². The van der Waals surface area contributed by atoms with Gasteiger partial charge in [-0.05, 0) is 49.8 Å². The Morgan fingerprint density at radius 1 is 1.06 bits per heavy atom. The number of esters is 1. The van der Waals surface area contributed by atoms with E-state index in [1.165, 1.54) is 7.11 Å². The molecule has 3 rings (SSSR count). The molecule has 0 aliphatic heterocycles. The zero-order chi connectivity index (χ0) is 22.8. The number of hydrogen-bond acceptors (Lipinski definition) is 7. The molecule has 0 saturated heterocycles. The normalized spacial score (nSPS) is 11.3. The van der Waals surface area contributed by atoms with Crippen LogP contribution in [0.4, 0.5) is 0 Å². The zero-order valence-electron chi connectivity index (χ0n) is 18.5. The van der Waals surface area contributed by atoms with Crippen LogP contribution in [0.15, 0.2) is 64.8 Å². The molecule has 0 spiro atoms. The Balaban J connectivity index is 1.58. The molecule has 1 aromatic heterocycles. The Bertz CT molecular complexity index is 1020. The molecule has 0 amide bonds. The third-order valence-electron chi connectivity index (χ3n) is 4.51. The Labute approximate surface area is 187 Å². The standard InChI is InChI=1S/C25H27NO6/c1-4-29-25(27)23(31-17-28-3)16-19-10-12-21(13-11-19)30-15-14-22-18(2)32-24(26-22)20-8-6-5-7-9-20/h5-13,16H,4,14-15,17H2,1-3H3. The highest BCUT2D eigenvalue weighted by Crippen LogP contribution is 2.22. The number of hydrogen-bond donors (Lipinski definition) is 0. The van der Waals surface area contributed by atoms with Gasteiger partial charge in [0.15, 0.2) is 6.79 Å². The van der Waals surface area contributed by atoms with Crippen molar-refractivity contribution in [1.82, 2.24) is 4.98 Å². The summed E-state index contributed by atoms with van der Waals surface area (Å²) in [7, 11) is 1.48. The molecule has 0 radical (unpaired) electrons. The molecular weight excluding hydrogens is 410 g/mol. The summed E-state index contributed by atoms with van der Waals surface area (Å²) in [6.45, 7) is 4.32. The van der Waals surface area contributed by atoms with Crippen LogP contribution in [-0.2, 0) is 25.4 Å². The highest BCUT2D eigenvalue weighted by Gasteiger charge is 2.13. The van der Waals surface area contributed by atoms with Crippen LogP contribution in [-0.4, -0.2) is 38.1 Å². The van der Waals surface area contributed by atoms with E-state index in [9.17, 15) is 4.79 Å². The first-order valence-corrected chi connectivity index (χ1v) is 10.4. The Kier molecular flexibility index (Phi) is 8.45. The van der Waals surface area contributed by atoms with Crippen molar-refractivity contribution in [2.45, 2.75) is 20.3 Å². The van der Waals surface area contributed by atoms with Crippen molar-refractivity contribution in [2.24, 2.45) is 0 Å². The summed E-state index contributed by atoms with van der Waals surface area (Å²) in [5, 5.41) is 0. The number of benzene rings is 2. The highest BCUT2D eigenvalue weighted by molar-refractivity contribution is 5.91. The van der Waals surface area contributed by atoms with Crippen LogP contribution < -0.4 is 4.74 Å². The van der Waals surface area contributed by atoms with Crippen LogP contribution in [0.5, 0.6) is 5.75 Å². The van der Waals surface area contributed by atoms with Gasteiger partial charge < -0.3 is 23.4 Å². The summed E-state index contributed by atoms with van der Waals surface area (Å²) in [6, 6.07) is 17.1. The summed E-state index contributed by atoms with van der Waals surface area (Å²) >= 11 is 0. The molecule has 0 N–H and O–H groups in total. The molecule has 168 valence electrons. The molecule has 0 atom stereocenters. The number of carbonyl (C=O) groups excluding carboxylic acids is 1. The maximum absolute atomic E-state index is 12.0. The van der Waals surface area contributed by atoms with Crippen molar-refractivity contribution in [3.05, 3.63) is 77.4 Å². The number of ether oxygens (including phenoxy) is 4. The molecule has 32 heavy (non-hydrogen) atoms. The molecule has 0 bridgehead atoms.